The first-order valence-corrected chi connectivity index (χ1v) is 12.9. The molecule has 2 aromatic heterocycles. The topological polar surface area (TPSA) is 123 Å². The van der Waals surface area contributed by atoms with Crippen LogP contribution in [0.1, 0.15) is 26.7 Å². The first kappa shape index (κ1) is 26.7. The van der Waals surface area contributed by atoms with E-state index in [0.717, 1.165) is 6.42 Å². The van der Waals surface area contributed by atoms with Crippen LogP contribution in [0.4, 0.5) is 14.6 Å². The fourth-order valence-electron chi connectivity index (χ4n) is 4.90. The number of hydrogen-bond acceptors (Lipinski definition) is 7. The van der Waals surface area contributed by atoms with Crippen LogP contribution in [-0.4, -0.2) is 43.1 Å². The number of benzene rings is 2. The third kappa shape index (κ3) is 5.33. The predicted octanol–water partition coefficient (Wildman–Crippen LogP) is 5.24. The molecule has 1 aliphatic heterocycles. The average Bonchev–Trinajstić information content (AvgIpc) is 3.53. The minimum atomic E-state index is -0.626. The van der Waals surface area contributed by atoms with Gasteiger partial charge in [0.25, 0.3) is 5.91 Å². The highest BCUT2D eigenvalue weighted by Crippen LogP contribution is 2.35. The summed E-state index contributed by atoms with van der Waals surface area (Å²) >= 11 is 0. The molecule has 9 nitrogen and oxygen atoms in total. The molecule has 204 valence electrons. The van der Waals surface area contributed by atoms with Crippen LogP contribution in [0.2, 0.25) is 0 Å². The van der Waals surface area contributed by atoms with Crippen LogP contribution in [0.5, 0.6) is 11.5 Å². The van der Waals surface area contributed by atoms with Gasteiger partial charge in [-0.1, -0.05) is 26.0 Å². The van der Waals surface area contributed by atoms with E-state index in [0.29, 0.717) is 24.0 Å². The van der Waals surface area contributed by atoms with Gasteiger partial charge in [-0.15, -0.1) is 0 Å². The number of aromatic nitrogens is 4. The number of carbonyl (C=O) groups excluding carboxylic acids is 1. The summed E-state index contributed by atoms with van der Waals surface area (Å²) in [6.07, 6.45) is 4.46. The Morgan fingerprint density at radius 2 is 2.02 bits per heavy atom. The second kappa shape index (κ2) is 11.1. The monoisotopic (exact) mass is 543 g/mol. The van der Waals surface area contributed by atoms with Gasteiger partial charge < -0.3 is 15.4 Å². The summed E-state index contributed by atoms with van der Waals surface area (Å²) in [6, 6.07) is 11.6. The first-order valence-electron chi connectivity index (χ1n) is 12.9. The Morgan fingerprint density at radius 3 is 2.75 bits per heavy atom. The van der Waals surface area contributed by atoms with Crippen molar-refractivity contribution in [3.8, 4) is 28.8 Å². The number of nitrogen functional groups attached to an aromatic ring is 1. The Balaban J connectivity index is 1.47. The number of amides is 1. The van der Waals surface area contributed by atoms with E-state index in [2.05, 4.69) is 15.1 Å². The Hall–Kier alpha value is -4.85. The number of rotatable bonds is 7. The molecule has 2 N–H and O–H groups in total. The zero-order valence-electron chi connectivity index (χ0n) is 22.0. The van der Waals surface area contributed by atoms with E-state index in [9.17, 15) is 14.4 Å². The molecule has 2 aromatic carbocycles. The van der Waals surface area contributed by atoms with Crippen molar-refractivity contribution in [2.45, 2.75) is 39.3 Å². The number of nitriles is 1. The van der Waals surface area contributed by atoms with Gasteiger partial charge in [-0.3, -0.25) is 4.79 Å². The Bertz CT molecular complexity index is 1660. The van der Waals surface area contributed by atoms with E-state index in [-0.39, 0.29) is 58.6 Å². The average molecular weight is 544 g/mol. The maximum atomic E-state index is 15.4. The third-order valence-electron chi connectivity index (χ3n) is 6.66. The van der Waals surface area contributed by atoms with Gasteiger partial charge in [-0.2, -0.15) is 10.4 Å². The molecular formula is C29H27F2N7O2. The van der Waals surface area contributed by atoms with Gasteiger partial charge in [0.15, 0.2) is 5.65 Å². The molecule has 1 fully saturated rings. The van der Waals surface area contributed by atoms with Crippen molar-refractivity contribution in [2.24, 2.45) is 5.92 Å². The summed E-state index contributed by atoms with van der Waals surface area (Å²) in [5, 5.41) is 14.6. The predicted molar refractivity (Wildman–Crippen MR) is 145 cm³/mol. The van der Waals surface area contributed by atoms with E-state index in [1.165, 1.54) is 36.7 Å². The van der Waals surface area contributed by atoms with Crippen molar-refractivity contribution in [3.05, 3.63) is 72.1 Å². The smallest absolute Gasteiger partial charge is 0.264 e. The molecule has 0 bridgehead atoms. The van der Waals surface area contributed by atoms with Crippen molar-refractivity contribution >= 4 is 22.8 Å². The minimum absolute atomic E-state index is 0.0532. The van der Waals surface area contributed by atoms with Crippen molar-refractivity contribution < 1.29 is 18.3 Å². The summed E-state index contributed by atoms with van der Waals surface area (Å²) in [7, 11) is 0. The van der Waals surface area contributed by atoms with E-state index >= 15 is 4.39 Å². The van der Waals surface area contributed by atoms with Gasteiger partial charge in [0.2, 0.25) is 0 Å². The lowest BCUT2D eigenvalue weighted by Crippen LogP contribution is -2.39. The number of anilines is 1. The molecule has 1 atom stereocenters. The van der Waals surface area contributed by atoms with Crippen LogP contribution in [-0.2, 0) is 11.3 Å². The van der Waals surface area contributed by atoms with Gasteiger partial charge in [-0.25, -0.2) is 23.4 Å². The zero-order chi connectivity index (χ0) is 28.4. The van der Waals surface area contributed by atoms with Crippen molar-refractivity contribution in [1.82, 2.24) is 24.6 Å². The fraction of sp³-hybridized carbons (Fsp3) is 0.276. The quantitative estimate of drug-likeness (QED) is 0.250. The number of allylic oxidation sites excluding steroid dienone is 1. The fourth-order valence-corrected chi connectivity index (χ4v) is 4.90. The minimum Gasteiger partial charge on any atom is -0.457 e. The number of carbonyl (C=O) groups is 1. The normalized spacial score (nSPS) is 15.6. The molecule has 40 heavy (non-hydrogen) atoms. The van der Waals surface area contributed by atoms with Gasteiger partial charge in [0.1, 0.15) is 52.6 Å². The van der Waals surface area contributed by atoms with Crippen LogP contribution < -0.4 is 10.5 Å². The van der Waals surface area contributed by atoms with Crippen LogP contribution in [0.3, 0.4) is 0 Å². The van der Waals surface area contributed by atoms with Crippen LogP contribution in [0, 0.1) is 28.9 Å². The lowest BCUT2D eigenvalue weighted by atomic mass is 10.1. The van der Waals surface area contributed by atoms with Crippen molar-refractivity contribution in [3.63, 3.8) is 0 Å². The van der Waals surface area contributed by atoms with E-state index < -0.39 is 11.6 Å². The Labute approximate surface area is 229 Å². The molecule has 1 aliphatic rings. The summed E-state index contributed by atoms with van der Waals surface area (Å²) in [5.41, 5.74) is 7.11. The number of ether oxygens (including phenoxy) is 1. The van der Waals surface area contributed by atoms with Crippen molar-refractivity contribution in [1.29, 1.82) is 5.26 Å². The number of halogens is 2. The standard InChI is InChI=1S/C29H27F2N7O2/c1-17(2)11-18(14-32)29(39)37-10-4-6-20(37)15-38-28-25(27(33)34-16-35-28)26(36-38)23-9-8-22(13-24(23)31)40-21-7-3-5-19(30)12-21/h3,5,7-9,11-13,16-17,20H,4,6,10,15H2,1-2H3,(H2,33,34,35)/t20-/m1/s1. The molecule has 0 saturated carbocycles. The Kier molecular flexibility index (Phi) is 7.42. The second-order valence-corrected chi connectivity index (χ2v) is 9.92. The van der Waals surface area contributed by atoms with Gasteiger partial charge in [0, 0.05) is 24.2 Å². The molecule has 1 amide bonds. The summed E-state index contributed by atoms with van der Waals surface area (Å²) < 4.78 is 36.1. The largest absolute Gasteiger partial charge is 0.457 e. The van der Waals surface area contributed by atoms with E-state index in [4.69, 9.17) is 10.5 Å². The molecule has 0 radical (unpaired) electrons. The first-order chi connectivity index (χ1) is 19.2. The molecular weight excluding hydrogens is 516 g/mol. The molecule has 3 heterocycles. The van der Waals surface area contributed by atoms with Gasteiger partial charge in [0.05, 0.1) is 18.0 Å². The molecule has 4 aromatic rings. The summed E-state index contributed by atoms with van der Waals surface area (Å²) in [6.45, 7) is 4.62. The van der Waals surface area contributed by atoms with Gasteiger partial charge in [-0.05, 0) is 43.0 Å². The molecule has 1 saturated heterocycles. The number of hydrogen-bond donors (Lipinski definition) is 1. The van der Waals surface area contributed by atoms with E-state index in [1.54, 1.807) is 27.8 Å². The lowest BCUT2D eigenvalue weighted by Gasteiger charge is -2.24. The van der Waals surface area contributed by atoms with E-state index in [1.807, 2.05) is 19.9 Å². The molecule has 5 rings (SSSR count). The maximum absolute atomic E-state index is 15.4. The highest BCUT2D eigenvalue weighted by Gasteiger charge is 2.32. The Morgan fingerprint density at radius 1 is 1.23 bits per heavy atom. The maximum Gasteiger partial charge on any atom is 0.264 e. The summed E-state index contributed by atoms with van der Waals surface area (Å²) in [4.78, 5) is 23.3. The molecule has 11 heteroatoms. The second-order valence-electron chi connectivity index (χ2n) is 9.92. The number of fused-ring (bicyclic) bond motifs is 1. The number of likely N-dealkylation sites (tertiary alicyclic amines) is 1. The highest BCUT2D eigenvalue weighted by atomic mass is 19.1. The molecule has 0 spiro atoms. The van der Waals surface area contributed by atoms with Crippen LogP contribution >= 0.6 is 0 Å². The zero-order valence-corrected chi connectivity index (χ0v) is 22.0. The number of nitrogens with zero attached hydrogens (tertiary/aromatic N) is 6. The highest BCUT2D eigenvalue weighted by molar-refractivity contribution is 5.99. The molecule has 0 unspecified atom stereocenters. The third-order valence-corrected chi connectivity index (χ3v) is 6.66. The SMILES string of the molecule is CC(C)C=C(C#N)C(=O)N1CCC[C@@H]1Cn1nc(-c2ccc(Oc3cccc(F)c3)cc2F)c2c(N)ncnc21. The van der Waals surface area contributed by atoms with Crippen LogP contribution in [0.25, 0.3) is 22.3 Å². The van der Waals surface area contributed by atoms with Crippen molar-refractivity contribution in [2.75, 3.05) is 12.3 Å². The molecule has 0 aliphatic carbocycles. The summed E-state index contributed by atoms with van der Waals surface area (Å²) in [5.74, 6) is -0.803. The lowest BCUT2D eigenvalue weighted by molar-refractivity contribution is -0.127. The van der Waals surface area contributed by atoms with Gasteiger partial charge >= 0.3 is 0 Å². The van der Waals surface area contributed by atoms with Crippen LogP contribution in [0.15, 0.2) is 60.4 Å². The number of nitrogens with two attached hydrogens (primary N) is 1.